The number of anilines is 1. The molecule has 0 aliphatic carbocycles. The topological polar surface area (TPSA) is 50.7 Å². The zero-order valence-corrected chi connectivity index (χ0v) is 11.7. The van der Waals surface area contributed by atoms with E-state index in [4.69, 9.17) is 0 Å². The van der Waals surface area contributed by atoms with Crippen LogP contribution in [0.25, 0.3) is 0 Å². The van der Waals surface area contributed by atoms with Crippen molar-refractivity contribution in [2.75, 3.05) is 12.4 Å². The summed E-state index contributed by atoms with van der Waals surface area (Å²) in [6.45, 7) is 2.01. The van der Waals surface area contributed by atoms with Gasteiger partial charge in [-0.1, -0.05) is 13.0 Å². The Labute approximate surface area is 120 Å². The number of alkyl halides is 3. The molecule has 0 amide bonds. The Morgan fingerprint density at radius 3 is 2.43 bits per heavy atom. The van der Waals surface area contributed by atoms with E-state index in [0.717, 1.165) is 12.0 Å². The maximum Gasteiger partial charge on any atom is 0.451 e. The summed E-state index contributed by atoms with van der Waals surface area (Å²) in [4.78, 5) is 11.2. The largest absolute Gasteiger partial charge is 0.451 e. The molecular formula is C14H15F3N4. The monoisotopic (exact) mass is 296 g/mol. The standard InChI is InChI=1S/C14H15F3N4/c1-3-9-4-5-10(19-8-9)6-11-7-12(18-2)21-13(20-11)14(15,16)17/h4-5,7-8H,3,6H2,1-2H3,(H,18,20,21). The second-order valence-electron chi connectivity index (χ2n) is 4.50. The molecule has 2 rings (SSSR count). The Hall–Kier alpha value is -2.18. The molecule has 0 fully saturated rings. The molecule has 2 heterocycles. The van der Waals surface area contributed by atoms with Crippen LogP contribution in [0.2, 0.25) is 0 Å². The van der Waals surface area contributed by atoms with E-state index in [1.54, 1.807) is 12.3 Å². The number of hydrogen-bond donors (Lipinski definition) is 1. The molecule has 7 heteroatoms. The van der Waals surface area contributed by atoms with E-state index < -0.39 is 12.0 Å². The van der Waals surface area contributed by atoms with Gasteiger partial charge in [0.2, 0.25) is 5.82 Å². The smallest absolute Gasteiger partial charge is 0.373 e. The molecular weight excluding hydrogens is 281 g/mol. The Bertz CT molecular complexity index is 609. The SMILES string of the molecule is CCc1ccc(Cc2cc(NC)nc(C(F)(F)F)n2)nc1. The van der Waals surface area contributed by atoms with Gasteiger partial charge in [-0.15, -0.1) is 0 Å². The lowest BCUT2D eigenvalue weighted by Gasteiger charge is -2.10. The van der Waals surface area contributed by atoms with Crippen molar-refractivity contribution in [1.82, 2.24) is 15.0 Å². The molecule has 0 atom stereocenters. The van der Waals surface area contributed by atoms with Crippen LogP contribution in [0.3, 0.4) is 0 Å². The first-order chi connectivity index (χ1) is 9.92. The number of aromatic nitrogens is 3. The van der Waals surface area contributed by atoms with Gasteiger partial charge in [-0.3, -0.25) is 4.98 Å². The summed E-state index contributed by atoms with van der Waals surface area (Å²) >= 11 is 0. The molecule has 0 saturated heterocycles. The Balaban J connectivity index is 2.29. The zero-order valence-electron chi connectivity index (χ0n) is 11.7. The number of nitrogens with one attached hydrogen (secondary N) is 1. The molecule has 0 spiro atoms. The number of rotatable bonds is 4. The molecule has 112 valence electrons. The van der Waals surface area contributed by atoms with Crippen LogP contribution in [0, 0.1) is 0 Å². The summed E-state index contributed by atoms with van der Waals surface area (Å²) in [7, 11) is 1.51. The summed E-state index contributed by atoms with van der Waals surface area (Å²) < 4.78 is 38.3. The van der Waals surface area contributed by atoms with Gasteiger partial charge in [0.25, 0.3) is 0 Å². The molecule has 2 aromatic rings. The summed E-state index contributed by atoms with van der Waals surface area (Å²) in [5, 5.41) is 2.61. The highest BCUT2D eigenvalue weighted by atomic mass is 19.4. The fourth-order valence-electron chi connectivity index (χ4n) is 1.80. The summed E-state index contributed by atoms with van der Waals surface area (Å²) in [6, 6.07) is 5.20. The van der Waals surface area contributed by atoms with Crippen LogP contribution in [0.4, 0.5) is 19.0 Å². The van der Waals surface area contributed by atoms with E-state index >= 15 is 0 Å². The Kier molecular flexibility index (Phi) is 4.40. The van der Waals surface area contributed by atoms with Gasteiger partial charge in [0.05, 0.1) is 5.69 Å². The maximum atomic E-state index is 12.8. The van der Waals surface area contributed by atoms with E-state index in [9.17, 15) is 13.2 Å². The summed E-state index contributed by atoms with van der Waals surface area (Å²) in [6.07, 6.45) is -1.76. The third-order valence-electron chi connectivity index (χ3n) is 2.95. The molecule has 0 aliphatic rings. The lowest BCUT2D eigenvalue weighted by Crippen LogP contribution is -2.14. The van der Waals surface area contributed by atoms with E-state index in [1.165, 1.54) is 13.1 Å². The van der Waals surface area contributed by atoms with Crippen LogP contribution in [0.15, 0.2) is 24.4 Å². The van der Waals surface area contributed by atoms with Crippen LogP contribution in [0.1, 0.15) is 29.7 Å². The minimum absolute atomic E-state index is 0.137. The molecule has 0 saturated carbocycles. The predicted octanol–water partition coefficient (Wildman–Crippen LogP) is 3.09. The van der Waals surface area contributed by atoms with Gasteiger partial charge in [0, 0.05) is 31.4 Å². The molecule has 0 bridgehead atoms. The highest BCUT2D eigenvalue weighted by Crippen LogP contribution is 2.27. The van der Waals surface area contributed by atoms with Crippen LogP contribution < -0.4 is 5.32 Å². The average molecular weight is 296 g/mol. The van der Waals surface area contributed by atoms with Crippen molar-refractivity contribution < 1.29 is 13.2 Å². The molecule has 0 aliphatic heterocycles. The van der Waals surface area contributed by atoms with Gasteiger partial charge < -0.3 is 5.32 Å². The fourth-order valence-corrected chi connectivity index (χ4v) is 1.80. The van der Waals surface area contributed by atoms with Gasteiger partial charge in [0.1, 0.15) is 5.82 Å². The molecule has 21 heavy (non-hydrogen) atoms. The van der Waals surface area contributed by atoms with Crippen molar-refractivity contribution in [3.05, 3.63) is 47.2 Å². The van der Waals surface area contributed by atoms with E-state index in [-0.39, 0.29) is 17.9 Å². The molecule has 2 aromatic heterocycles. The van der Waals surface area contributed by atoms with Gasteiger partial charge >= 0.3 is 6.18 Å². The highest BCUT2D eigenvalue weighted by Gasteiger charge is 2.35. The molecule has 0 aromatic carbocycles. The second-order valence-corrected chi connectivity index (χ2v) is 4.50. The molecule has 1 N–H and O–H groups in total. The molecule has 4 nitrogen and oxygen atoms in total. The van der Waals surface area contributed by atoms with Gasteiger partial charge in [-0.05, 0) is 18.1 Å². The Morgan fingerprint density at radius 2 is 1.90 bits per heavy atom. The van der Waals surface area contributed by atoms with Crippen molar-refractivity contribution in [2.24, 2.45) is 0 Å². The van der Waals surface area contributed by atoms with E-state index in [0.29, 0.717) is 5.69 Å². The van der Waals surface area contributed by atoms with Crippen LogP contribution >= 0.6 is 0 Å². The van der Waals surface area contributed by atoms with Crippen molar-refractivity contribution >= 4 is 5.82 Å². The van der Waals surface area contributed by atoms with Crippen molar-refractivity contribution in [3.63, 3.8) is 0 Å². The van der Waals surface area contributed by atoms with Crippen molar-refractivity contribution in [2.45, 2.75) is 25.9 Å². The number of hydrogen-bond acceptors (Lipinski definition) is 4. The minimum Gasteiger partial charge on any atom is -0.373 e. The normalized spacial score (nSPS) is 11.5. The lowest BCUT2D eigenvalue weighted by molar-refractivity contribution is -0.145. The number of aryl methyl sites for hydroxylation is 1. The fraction of sp³-hybridized carbons (Fsp3) is 0.357. The summed E-state index contributed by atoms with van der Waals surface area (Å²) in [5.41, 5.74) is 2.02. The first-order valence-corrected chi connectivity index (χ1v) is 6.49. The third-order valence-corrected chi connectivity index (χ3v) is 2.95. The Morgan fingerprint density at radius 1 is 1.14 bits per heavy atom. The maximum absolute atomic E-state index is 12.8. The van der Waals surface area contributed by atoms with E-state index in [2.05, 4.69) is 20.3 Å². The van der Waals surface area contributed by atoms with Gasteiger partial charge in [0.15, 0.2) is 0 Å². The predicted molar refractivity (Wildman–Crippen MR) is 73.0 cm³/mol. The number of nitrogens with zero attached hydrogens (tertiary/aromatic N) is 3. The minimum atomic E-state index is -4.57. The quantitative estimate of drug-likeness (QED) is 0.942. The van der Waals surface area contributed by atoms with Gasteiger partial charge in [-0.2, -0.15) is 13.2 Å². The van der Waals surface area contributed by atoms with E-state index in [1.807, 2.05) is 13.0 Å². The van der Waals surface area contributed by atoms with Crippen LogP contribution in [0.5, 0.6) is 0 Å². The number of pyridine rings is 1. The summed E-state index contributed by atoms with van der Waals surface area (Å²) in [5.74, 6) is -1.01. The lowest BCUT2D eigenvalue weighted by atomic mass is 10.1. The number of halogens is 3. The zero-order chi connectivity index (χ0) is 15.5. The first kappa shape index (κ1) is 15.2. The molecule has 0 radical (unpaired) electrons. The van der Waals surface area contributed by atoms with Gasteiger partial charge in [-0.25, -0.2) is 9.97 Å². The van der Waals surface area contributed by atoms with Crippen molar-refractivity contribution in [3.8, 4) is 0 Å². The van der Waals surface area contributed by atoms with Crippen molar-refractivity contribution in [1.29, 1.82) is 0 Å². The van der Waals surface area contributed by atoms with Crippen LogP contribution in [-0.2, 0) is 19.0 Å². The second kappa shape index (κ2) is 6.07. The molecule has 0 unspecified atom stereocenters. The highest BCUT2D eigenvalue weighted by molar-refractivity contribution is 5.36. The first-order valence-electron chi connectivity index (χ1n) is 6.49. The van der Waals surface area contributed by atoms with Crippen LogP contribution in [-0.4, -0.2) is 22.0 Å². The average Bonchev–Trinajstić information content (AvgIpc) is 2.46. The third kappa shape index (κ3) is 3.90.